The van der Waals surface area contributed by atoms with Crippen molar-refractivity contribution in [3.63, 3.8) is 0 Å². The van der Waals surface area contributed by atoms with Crippen LogP contribution in [0.4, 0.5) is 0 Å². The van der Waals surface area contributed by atoms with Gasteiger partial charge >= 0.3 is 0 Å². The number of rotatable bonds is 6. The monoisotopic (exact) mass is 322 g/mol. The van der Waals surface area contributed by atoms with Crippen LogP contribution in [0.15, 0.2) is 21.3 Å². The summed E-state index contributed by atoms with van der Waals surface area (Å²) in [6, 6.07) is 2.54. The van der Waals surface area contributed by atoms with E-state index in [-0.39, 0.29) is 11.5 Å². The smallest absolute Gasteiger partial charge is 0.243 e. The van der Waals surface area contributed by atoms with E-state index in [1.54, 1.807) is 11.3 Å². The zero-order chi connectivity index (χ0) is 16.3. The van der Waals surface area contributed by atoms with Gasteiger partial charge in [0.2, 0.25) is 5.89 Å². The van der Waals surface area contributed by atoms with Crippen LogP contribution in [0.3, 0.4) is 0 Å². The standard InChI is InChI=1S/C16H26N4OS/c1-11(14-18-15(19-21-14)16(2,3)4)17-9-13(20(5)6)12-7-8-22-10-12/h7-8,10-11,13,17H,9H2,1-6H3/t11-,13+/m0/s1. The van der Waals surface area contributed by atoms with Crippen LogP contribution in [-0.4, -0.2) is 35.7 Å². The second-order valence-corrected chi connectivity index (χ2v) is 7.65. The molecule has 0 saturated carbocycles. The van der Waals surface area contributed by atoms with Crippen LogP contribution in [0.1, 0.15) is 57.1 Å². The molecular weight excluding hydrogens is 296 g/mol. The van der Waals surface area contributed by atoms with Crippen molar-refractivity contribution in [1.82, 2.24) is 20.4 Å². The van der Waals surface area contributed by atoms with Crippen LogP contribution in [-0.2, 0) is 5.41 Å². The van der Waals surface area contributed by atoms with Gasteiger partial charge in [-0.25, -0.2) is 0 Å². The van der Waals surface area contributed by atoms with Crippen molar-refractivity contribution in [1.29, 1.82) is 0 Å². The lowest BCUT2D eigenvalue weighted by Crippen LogP contribution is -2.32. The Bertz CT molecular complexity index is 571. The second kappa shape index (κ2) is 6.89. The maximum Gasteiger partial charge on any atom is 0.243 e. The molecule has 0 saturated heterocycles. The van der Waals surface area contributed by atoms with Gasteiger partial charge < -0.3 is 14.7 Å². The zero-order valence-electron chi connectivity index (χ0n) is 14.3. The normalized spacial score (nSPS) is 15.2. The molecule has 122 valence electrons. The number of hydrogen-bond acceptors (Lipinski definition) is 6. The van der Waals surface area contributed by atoms with Crippen molar-refractivity contribution in [3.05, 3.63) is 34.1 Å². The minimum Gasteiger partial charge on any atom is -0.338 e. The quantitative estimate of drug-likeness (QED) is 0.883. The number of hydrogen-bond donors (Lipinski definition) is 1. The van der Waals surface area contributed by atoms with Gasteiger partial charge in [0.05, 0.1) is 6.04 Å². The summed E-state index contributed by atoms with van der Waals surface area (Å²) in [6.45, 7) is 9.13. The Morgan fingerprint density at radius 3 is 2.59 bits per heavy atom. The van der Waals surface area contributed by atoms with Crippen LogP contribution >= 0.6 is 11.3 Å². The van der Waals surface area contributed by atoms with Gasteiger partial charge in [0.15, 0.2) is 5.82 Å². The van der Waals surface area contributed by atoms with Gasteiger partial charge in [0, 0.05) is 18.0 Å². The summed E-state index contributed by atoms with van der Waals surface area (Å²) < 4.78 is 5.40. The zero-order valence-corrected chi connectivity index (χ0v) is 15.1. The fourth-order valence-electron chi connectivity index (χ4n) is 2.15. The van der Waals surface area contributed by atoms with Gasteiger partial charge in [-0.05, 0) is 43.4 Å². The highest BCUT2D eigenvalue weighted by Crippen LogP contribution is 2.23. The van der Waals surface area contributed by atoms with Gasteiger partial charge in [0.1, 0.15) is 0 Å². The molecule has 0 radical (unpaired) electrons. The Labute approximate surface area is 136 Å². The number of nitrogens with one attached hydrogen (secondary N) is 1. The summed E-state index contributed by atoms with van der Waals surface area (Å²) in [6.07, 6.45) is 0. The van der Waals surface area contributed by atoms with E-state index in [0.717, 1.165) is 12.4 Å². The molecule has 22 heavy (non-hydrogen) atoms. The van der Waals surface area contributed by atoms with E-state index in [9.17, 15) is 0 Å². The molecule has 0 unspecified atom stereocenters. The number of thiophene rings is 1. The minimum atomic E-state index is -0.0929. The van der Waals surface area contributed by atoms with E-state index < -0.39 is 0 Å². The molecule has 0 aliphatic heterocycles. The van der Waals surface area contributed by atoms with Crippen LogP contribution in [0.5, 0.6) is 0 Å². The average Bonchev–Trinajstić information content (AvgIpc) is 3.09. The van der Waals surface area contributed by atoms with Crippen molar-refractivity contribution in [2.45, 2.75) is 45.2 Å². The van der Waals surface area contributed by atoms with Gasteiger partial charge in [0.25, 0.3) is 0 Å². The molecule has 0 aliphatic rings. The van der Waals surface area contributed by atoms with Gasteiger partial charge in [-0.1, -0.05) is 25.9 Å². The molecule has 0 aromatic carbocycles. The molecule has 0 fully saturated rings. The first-order valence-corrected chi connectivity index (χ1v) is 8.49. The first-order valence-electron chi connectivity index (χ1n) is 7.55. The van der Waals surface area contributed by atoms with Crippen LogP contribution < -0.4 is 5.32 Å². The maximum absolute atomic E-state index is 5.40. The fraction of sp³-hybridized carbons (Fsp3) is 0.625. The molecule has 0 amide bonds. The Kier molecular flexibility index (Phi) is 5.36. The highest BCUT2D eigenvalue weighted by atomic mass is 32.1. The molecule has 2 aromatic heterocycles. The Morgan fingerprint density at radius 1 is 1.36 bits per heavy atom. The summed E-state index contributed by atoms with van der Waals surface area (Å²) in [7, 11) is 4.19. The van der Waals surface area contributed by atoms with Crippen LogP contribution in [0, 0.1) is 0 Å². The predicted octanol–water partition coefficient (Wildman–Crippen LogP) is 3.38. The molecule has 0 spiro atoms. The van der Waals surface area contributed by atoms with E-state index in [4.69, 9.17) is 4.52 Å². The SMILES string of the molecule is C[C@H](NC[C@H](c1ccsc1)N(C)C)c1nc(C(C)(C)C)no1. The van der Waals surface area contributed by atoms with Crippen molar-refractivity contribution >= 4 is 11.3 Å². The second-order valence-electron chi connectivity index (χ2n) is 6.87. The van der Waals surface area contributed by atoms with E-state index in [0.29, 0.717) is 11.9 Å². The molecule has 2 atom stereocenters. The molecule has 6 heteroatoms. The summed E-state index contributed by atoms with van der Waals surface area (Å²) in [4.78, 5) is 6.73. The maximum atomic E-state index is 5.40. The predicted molar refractivity (Wildman–Crippen MR) is 90.2 cm³/mol. The van der Waals surface area contributed by atoms with Crippen molar-refractivity contribution in [3.8, 4) is 0 Å². The number of nitrogens with zero attached hydrogens (tertiary/aromatic N) is 3. The fourth-order valence-corrected chi connectivity index (χ4v) is 2.86. The van der Waals surface area contributed by atoms with Crippen molar-refractivity contribution in [2.75, 3.05) is 20.6 Å². The minimum absolute atomic E-state index is 0.0321. The topological polar surface area (TPSA) is 54.2 Å². The van der Waals surface area contributed by atoms with E-state index in [1.165, 1.54) is 5.56 Å². The van der Waals surface area contributed by atoms with Crippen molar-refractivity contribution in [2.24, 2.45) is 0 Å². The first-order chi connectivity index (χ1) is 10.3. The summed E-state index contributed by atoms with van der Waals surface area (Å²) >= 11 is 1.73. The largest absolute Gasteiger partial charge is 0.338 e. The van der Waals surface area contributed by atoms with E-state index >= 15 is 0 Å². The van der Waals surface area contributed by atoms with E-state index in [2.05, 4.69) is 79.0 Å². The lowest BCUT2D eigenvalue weighted by molar-refractivity contribution is 0.268. The van der Waals surface area contributed by atoms with Gasteiger partial charge in [-0.2, -0.15) is 16.3 Å². The molecule has 2 aromatic rings. The molecular formula is C16H26N4OS. The molecule has 2 heterocycles. The highest BCUT2D eigenvalue weighted by Gasteiger charge is 2.24. The molecule has 5 nitrogen and oxygen atoms in total. The van der Waals surface area contributed by atoms with Crippen molar-refractivity contribution < 1.29 is 4.52 Å². The lowest BCUT2D eigenvalue weighted by atomic mass is 9.96. The Hall–Kier alpha value is -1.24. The van der Waals surface area contributed by atoms with Gasteiger partial charge in [-0.15, -0.1) is 0 Å². The Morgan fingerprint density at radius 2 is 2.09 bits per heavy atom. The molecule has 0 aliphatic carbocycles. The van der Waals surface area contributed by atoms with E-state index in [1.807, 2.05) is 0 Å². The third kappa shape index (κ3) is 4.15. The third-order valence-corrected chi connectivity index (χ3v) is 4.35. The average molecular weight is 322 g/mol. The summed E-state index contributed by atoms with van der Waals surface area (Å²) in [5.74, 6) is 1.39. The van der Waals surface area contributed by atoms with Gasteiger partial charge in [-0.3, -0.25) is 0 Å². The number of likely N-dealkylation sites (N-methyl/N-ethyl adjacent to an activating group) is 1. The summed E-state index contributed by atoms with van der Waals surface area (Å²) in [5, 5.41) is 11.9. The lowest BCUT2D eigenvalue weighted by Gasteiger charge is -2.25. The van der Waals surface area contributed by atoms with Crippen LogP contribution in [0.25, 0.3) is 0 Å². The van der Waals surface area contributed by atoms with Crippen LogP contribution in [0.2, 0.25) is 0 Å². The Balaban J connectivity index is 1.99. The highest BCUT2D eigenvalue weighted by molar-refractivity contribution is 7.07. The molecule has 2 rings (SSSR count). The first kappa shape index (κ1) is 17.1. The molecule has 0 bridgehead atoms. The molecule has 1 N–H and O–H groups in total. The third-order valence-electron chi connectivity index (χ3n) is 3.65. The summed E-state index contributed by atoms with van der Waals surface area (Å²) in [5.41, 5.74) is 1.24. The number of aromatic nitrogens is 2.